The largest absolute Gasteiger partial charge is 0.352 e. The first-order chi connectivity index (χ1) is 10.6. The van der Waals surface area contributed by atoms with E-state index in [1.807, 2.05) is 68.4 Å². The summed E-state index contributed by atoms with van der Waals surface area (Å²) in [6.07, 6.45) is 0. The highest BCUT2D eigenvalue weighted by Crippen LogP contribution is 2.27. The van der Waals surface area contributed by atoms with Crippen molar-refractivity contribution in [2.75, 3.05) is 0 Å². The van der Waals surface area contributed by atoms with Gasteiger partial charge < -0.3 is 5.32 Å². The van der Waals surface area contributed by atoms with E-state index in [4.69, 9.17) is 0 Å². The highest BCUT2D eigenvalue weighted by molar-refractivity contribution is 5.94. The summed E-state index contributed by atoms with van der Waals surface area (Å²) in [7, 11) is 0. The van der Waals surface area contributed by atoms with Crippen molar-refractivity contribution in [3.8, 4) is 11.3 Å². The number of nitrogens with one attached hydrogen (secondary N) is 1. The molecule has 0 fully saturated rings. The molecule has 0 aliphatic rings. The Kier molecular flexibility index (Phi) is 3.92. The molecule has 0 aliphatic heterocycles. The molecular weight excluding hydrogens is 274 g/mol. The zero-order chi connectivity index (χ0) is 15.5. The molecule has 4 nitrogen and oxygen atoms in total. The van der Waals surface area contributed by atoms with E-state index in [0.717, 1.165) is 22.2 Å². The van der Waals surface area contributed by atoms with E-state index in [1.54, 1.807) is 4.68 Å². The number of hydrogen-bond donors (Lipinski definition) is 1. The number of carbonyl (C=O) groups excluding carboxylic acids is 1. The van der Waals surface area contributed by atoms with Crippen molar-refractivity contribution in [3.63, 3.8) is 0 Å². The van der Waals surface area contributed by atoms with Gasteiger partial charge in [0.25, 0.3) is 0 Å². The average molecular weight is 293 g/mol. The lowest BCUT2D eigenvalue weighted by molar-refractivity contribution is -0.122. The fraction of sp³-hybridized carbons (Fsp3) is 0.222. The van der Waals surface area contributed by atoms with E-state index >= 15 is 0 Å². The SMILES string of the molecule is CC(C)NC(=O)Cn1nc(-c2ccccc2)c2ccccc21. The van der Waals surface area contributed by atoms with Crippen molar-refractivity contribution in [1.82, 2.24) is 15.1 Å². The average Bonchev–Trinajstić information content (AvgIpc) is 2.86. The number of para-hydroxylation sites is 1. The smallest absolute Gasteiger partial charge is 0.241 e. The zero-order valence-electron chi connectivity index (χ0n) is 12.8. The second-order valence-corrected chi connectivity index (χ2v) is 5.61. The molecule has 0 radical (unpaired) electrons. The van der Waals surface area contributed by atoms with E-state index < -0.39 is 0 Å². The highest BCUT2D eigenvalue weighted by atomic mass is 16.2. The van der Waals surface area contributed by atoms with Crippen LogP contribution in [0.15, 0.2) is 54.6 Å². The Balaban J connectivity index is 2.03. The second-order valence-electron chi connectivity index (χ2n) is 5.61. The Labute approximate surface area is 129 Å². The number of nitrogens with zero attached hydrogens (tertiary/aromatic N) is 2. The molecule has 0 atom stereocenters. The molecule has 0 saturated carbocycles. The molecule has 1 amide bonds. The van der Waals surface area contributed by atoms with Gasteiger partial charge in [0.1, 0.15) is 12.2 Å². The monoisotopic (exact) mass is 293 g/mol. The predicted molar refractivity (Wildman–Crippen MR) is 88.4 cm³/mol. The van der Waals surface area contributed by atoms with Gasteiger partial charge in [-0.05, 0) is 19.9 Å². The maximum atomic E-state index is 12.0. The molecule has 2 aromatic carbocycles. The molecular formula is C18H19N3O. The topological polar surface area (TPSA) is 46.9 Å². The summed E-state index contributed by atoms with van der Waals surface area (Å²) in [5.74, 6) is -0.0251. The third kappa shape index (κ3) is 2.86. The van der Waals surface area contributed by atoms with Crippen LogP contribution in [0.4, 0.5) is 0 Å². The van der Waals surface area contributed by atoms with Gasteiger partial charge >= 0.3 is 0 Å². The number of fused-ring (bicyclic) bond motifs is 1. The van der Waals surface area contributed by atoms with Gasteiger partial charge in [-0.25, -0.2) is 0 Å². The van der Waals surface area contributed by atoms with Gasteiger partial charge in [0.2, 0.25) is 5.91 Å². The molecule has 0 saturated heterocycles. The van der Waals surface area contributed by atoms with Crippen LogP contribution < -0.4 is 5.32 Å². The van der Waals surface area contributed by atoms with Gasteiger partial charge in [0.15, 0.2) is 0 Å². The van der Waals surface area contributed by atoms with Crippen LogP contribution >= 0.6 is 0 Å². The summed E-state index contributed by atoms with van der Waals surface area (Å²) in [5, 5.41) is 8.63. The maximum absolute atomic E-state index is 12.0. The third-order valence-electron chi connectivity index (χ3n) is 3.45. The Hall–Kier alpha value is -2.62. The quantitative estimate of drug-likeness (QED) is 0.803. The van der Waals surface area contributed by atoms with Gasteiger partial charge in [-0.15, -0.1) is 0 Å². The van der Waals surface area contributed by atoms with Crippen LogP contribution in [0, 0.1) is 0 Å². The number of aromatic nitrogens is 2. The van der Waals surface area contributed by atoms with Crippen molar-refractivity contribution < 1.29 is 4.79 Å². The minimum Gasteiger partial charge on any atom is -0.352 e. The second kappa shape index (κ2) is 6.02. The van der Waals surface area contributed by atoms with Gasteiger partial charge in [0.05, 0.1) is 5.52 Å². The lowest BCUT2D eigenvalue weighted by atomic mass is 10.1. The normalized spacial score (nSPS) is 11.0. The Morgan fingerprint density at radius 2 is 1.77 bits per heavy atom. The molecule has 112 valence electrons. The molecule has 3 aromatic rings. The van der Waals surface area contributed by atoms with Crippen molar-refractivity contribution in [3.05, 3.63) is 54.6 Å². The standard InChI is InChI=1S/C18H19N3O/c1-13(2)19-17(22)12-21-16-11-7-6-10-15(16)18(20-21)14-8-4-3-5-9-14/h3-11,13H,12H2,1-2H3,(H,19,22). The first kappa shape index (κ1) is 14.3. The molecule has 0 unspecified atom stereocenters. The Morgan fingerprint density at radius 3 is 2.50 bits per heavy atom. The summed E-state index contributed by atoms with van der Waals surface area (Å²) in [5.41, 5.74) is 2.94. The molecule has 3 rings (SSSR count). The summed E-state index contributed by atoms with van der Waals surface area (Å²) in [4.78, 5) is 12.0. The lowest BCUT2D eigenvalue weighted by Gasteiger charge is -2.08. The van der Waals surface area contributed by atoms with Crippen molar-refractivity contribution in [2.45, 2.75) is 26.4 Å². The summed E-state index contributed by atoms with van der Waals surface area (Å²) in [6, 6.07) is 18.2. The van der Waals surface area contributed by atoms with E-state index in [0.29, 0.717) is 0 Å². The first-order valence-electron chi connectivity index (χ1n) is 7.45. The van der Waals surface area contributed by atoms with Crippen LogP contribution in [-0.2, 0) is 11.3 Å². The summed E-state index contributed by atoms with van der Waals surface area (Å²) < 4.78 is 1.77. The van der Waals surface area contributed by atoms with Crippen molar-refractivity contribution in [2.24, 2.45) is 0 Å². The fourth-order valence-electron chi connectivity index (χ4n) is 2.56. The summed E-state index contributed by atoms with van der Waals surface area (Å²) in [6.45, 7) is 4.13. The van der Waals surface area contributed by atoms with E-state index in [-0.39, 0.29) is 18.5 Å². The number of amides is 1. The van der Waals surface area contributed by atoms with E-state index in [2.05, 4.69) is 10.4 Å². The lowest BCUT2D eigenvalue weighted by Crippen LogP contribution is -2.33. The number of benzene rings is 2. The maximum Gasteiger partial charge on any atom is 0.241 e. The Bertz CT molecular complexity index is 790. The number of hydrogen-bond acceptors (Lipinski definition) is 2. The summed E-state index contributed by atoms with van der Waals surface area (Å²) >= 11 is 0. The molecule has 0 spiro atoms. The van der Waals surface area contributed by atoms with Gasteiger partial charge in [-0.1, -0.05) is 48.5 Å². The van der Waals surface area contributed by atoms with Crippen LogP contribution in [0.25, 0.3) is 22.2 Å². The predicted octanol–water partition coefficient (Wildman–Crippen LogP) is 3.23. The molecule has 22 heavy (non-hydrogen) atoms. The van der Waals surface area contributed by atoms with Crippen LogP contribution in [0.2, 0.25) is 0 Å². The Morgan fingerprint density at radius 1 is 1.09 bits per heavy atom. The highest BCUT2D eigenvalue weighted by Gasteiger charge is 2.14. The zero-order valence-corrected chi connectivity index (χ0v) is 12.8. The van der Waals surface area contributed by atoms with Crippen molar-refractivity contribution in [1.29, 1.82) is 0 Å². The van der Waals surface area contributed by atoms with Crippen LogP contribution in [-0.4, -0.2) is 21.7 Å². The molecule has 4 heteroatoms. The van der Waals surface area contributed by atoms with E-state index in [1.165, 1.54) is 0 Å². The van der Waals surface area contributed by atoms with Gasteiger partial charge in [0, 0.05) is 17.0 Å². The minimum atomic E-state index is -0.0251. The van der Waals surface area contributed by atoms with E-state index in [9.17, 15) is 4.79 Å². The van der Waals surface area contributed by atoms with Crippen LogP contribution in [0.1, 0.15) is 13.8 Å². The minimum absolute atomic E-state index is 0.0251. The van der Waals surface area contributed by atoms with Crippen LogP contribution in [0.3, 0.4) is 0 Å². The molecule has 1 heterocycles. The molecule has 0 bridgehead atoms. The number of carbonyl (C=O) groups is 1. The molecule has 0 aliphatic carbocycles. The van der Waals surface area contributed by atoms with Crippen molar-refractivity contribution >= 4 is 16.8 Å². The van der Waals surface area contributed by atoms with Gasteiger partial charge in [-0.2, -0.15) is 5.10 Å². The van der Waals surface area contributed by atoms with Crippen LogP contribution in [0.5, 0.6) is 0 Å². The molecule has 1 aromatic heterocycles. The third-order valence-corrected chi connectivity index (χ3v) is 3.45. The van der Waals surface area contributed by atoms with Gasteiger partial charge in [-0.3, -0.25) is 9.48 Å². The fourth-order valence-corrected chi connectivity index (χ4v) is 2.56. The molecule has 1 N–H and O–H groups in total. The number of rotatable bonds is 4. The first-order valence-corrected chi connectivity index (χ1v) is 7.45.